The third-order valence-electron chi connectivity index (χ3n) is 2.82. The quantitative estimate of drug-likeness (QED) is 0.710. The average Bonchev–Trinajstić information content (AvgIpc) is 2.30. The normalized spacial score (nSPS) is 11.9. The number of nitrogens with one attached hydrogen (secondary N) is 1. The molecular formula is C15H24N2. The molecule has 0 saturated carbocycles. The van der Waals surface area contributed by atoms with Crippen LogP contribution < -0.4 is 5.32 Å². The van der Waals surface area contributed by atoms with Crippen molar-refractivity contribution in [2.24, 2.45) is 5.92 Å². The van der Waals surface area contributed by atoms with E-state index in [0.717, 1.165) is 18.3 Å². The van der Waals surface area contributed by atoms with Crippen LogP contribution in [0.25, 0.3) is 0 Å². The minimum atomic E-state index is 0.766. The van der Waals surface area contributed by atoms with Crippen LogP contribution >= 0.6 is 0 Å². The summed E-state index contributed by atoms with van der Waals surface area (Å²) in [6.07, 6.45) is 7.82. The summed E-state index contributed by atoms with van der Waals surface area (Å²) in [5.74, 6) is 1.74. The molecule has 1 atom stereocenters. The molecule has 0 bridgehead atoms. The second-order valence-electron chi connectivity index (χ2n) is 4.89. The highest BCUT2D eigenvalue weighted by Crippen LogP contribution is 2.12. The van der Waals surface area contributed by atoms with Gasteiger partial charge in [-0.05, 0) is 51.2 Å². The van der Waals surface area contributed by atoms with Crippen LogP contribution in [0.1, 0.15) is 40.0 Å². The topological polar surface area (TPSA) is 24.9 Å². The Bertz CT molecular complexity index is 326. The second kappa shape index (κ2) is 7.88. The molecule has 0 radical (unpaired) electrons. The molecule has 2 heteroatoms. The summed E-state index contributed by atoms with van der Waals surface area (Å²) in [5.41, 5.74) is 1.42. The maximum absolute atomic E-state index is 4.24. The number of anilines is 1. The molecule has 0 aliphatic carbocycles. The number of hydrogen-bond acceptors (Lipinski definition) is 2. The molecule has 0 aromatic carbocycles. The van der Waals surface area contributed by atoms with Crippen molar-refractivity contribution in [3.63, 3.8) is 0 Å². The van der Waals surface area contributed by atoms with E-state index < -0.39 is 0 Å². The van der Waals surface area contributed by atoms with Crippen LogP contribution in [-0.4, -0.2) is 11.5 Å². The van der Waals surface area contributed by atoms with Gasteiger partial charge in [0.1, 0.15) is 5.82 Å². The number of pyridine rings is 1. The minimum absolute atomic E-state index is 0.766. The largest absolute Gasteiger partial charge is 0.370 e. The monoisotopic (exact) mass is 232 g/mol. The molecule has 0 aliphatic rings. The standard InChI is InChI=1S/C15H24N2/c1-13(2)7-6-8-14(3)10-12-17-15-9-4-5-11-16-15/h4-5,7,9,11,14H,6,8,10,12H2,1-3H3,(H,16,17). The van der Waals surface area contributed by atoms with Gasteiger partial charge in [0, 0.05) is 12.7 Å². The summed E-state index contributed by atoms with van der Waals surface area (Å²) in [7, 11) is 0. The van der Waals surface area contributed by atoms with Crippen molar-refractivity contribution in [2.75, 3.05) is 11.9 Å². The van der Waals surface area contributed by atoms with Crippen LogP contribution in [-0.2, 0) is 0 Å². The lowest BCUT2D eigenvalue weighted by Crippen LogP contribution is -2.07. The highest BCUT2D eigenvalue weighted by molar-refractivity contribution is 5.32. The minimum Gasteiger partial charge on any atom is -0.370 e. The highest BCUT2D eigenvalue weighted by atomic mass is 15.0. The molecule has 0 saturated heterocycles. The Kier molecular flexibility index (Phi) is 6.38. The number of hydrogen-bond donors (Lipinski definition) is 1. The van der Waals surface area contributed by atoms with Crippen molar-refractivity contribution >= 4 is 5.82 Å². The van der Waals surface area contributed by atoms with Crippen LogP contribution in [0.15, 0.2) is 36.0 Å². The maximum atomic E-state index is 4.24. The van der Waals surface area contributed by atoms with E-state index >= 15 is 0 Å². The van der Waals surface area contributed by atoms with Gasteiger partial charge in [0.05, 0.1) is 0 Å². The van der Waals surface area contributed by atoms with Gasteiger partial charge in [0.2, 0.25) is 0 Å². The number of aromatic nitrogens is 1. The zero-order valence-electron chi connectivity index (χ0n) is 11.2. The zero-order chi connectivity index (χ0) is 12.5. The van der Waals surface area contributed by atoms with Crippen molar-refractivity contribution in [3.05, 3.63) is 36.0 Å². The van der Waals surface area contributed by atoms with Crippen molar-refractivity contribution < 1.29 is 0 Å². The predicted molar refractivity (Wildman–Crippen MR) is 75.2 cm³/mol. The average molecular weight is 232 g/mol. The molecule has 0 aliphatic heterocycles. The van der Waals surface area contributed by atoms with Gasteiger partial charge in [0.15, 0.2) is 0 Å². The first kappa shape index (κ1) is 13.8. The van der Waals surface area contributed by atoms with Gasteiger partial charge in [-0.2, -0.15) is 0 Å². The number of nitrogens with zero attached hydrogens (tertiary/aromatic N) is 1. The van der Waals surface area contributed by atoms with Crippen LogP contribution in [0, 0.1) is 5.92 Å². The molecule has 2 nitrogen and oxygen atoms in total. The fraction of sp³-hybridized carbons (Fsp3) is 0.533. The van der Waals surface area contributed by atoms with Gasteiger partial charge < -0.3 is 5.32 Å². The first-order valence-corrected chi connectivity index (χ1v) is 6.46. The lowest BCUT2D eigenvalue weighted by atomic mass is 10.0. The summed E-state index contributed by atoms with van der Waals surface area (Å²) >= 11 is 0. The van der Waals surface area contributed by atoms with Crippen molar-refractivity contribution in [1.82, 2.24) is 4.98 Å². The van der Waals surface area contributed by atoms with Crippen LogP contribution in [0.2, 0.25) is 0 Å². The van der Waals surface area contributed by atoms with Gasteiger partial charge in [-0.25, -0.2) is 4.98 Å². The predicted octanol–water partition coefficient (Wildman–Crippen LogP) is 4.27. The van der Waals surface area contributed by atoms with Crippen molar-refractivity contribution in [2.45, 2.75) is 40.0 Å². The molecule has 94 valence electrons. The summed E-state index contributed by atoms with van der Waals surface area (Å²) in [6, 6.07) is 5.95. The van der Waals surface area contributed by atoms with Gasteiger partial charge in [-0.15, -0.1) is 0 Å². The molecule has 0 amide bonds. The van der Waals surface area contributed by atoms with Crippen molar-refractivity contribution in [3.8, 4) is 0 Å². The number of rotatable bonds is 7. The van der Waals surface area contributed by atoms with E-state index in [9.17, 15) is 0 Å². The fourth-order valence-electron chi connectivity index (χ4n) is 1.71. The lowest BCUT2D eigenvalue weighted by Gasteiger charge is -2.11. The molecular weight excluding hydrogens is 208 g/mol. The fourth-order valence-corrected chi connectivity index (χ4v) is 1.71. The summed E-state index contributed by atoms with van der Waals surface area (Å²) < 4.78 is 0. The van der Waals surface area contributed by atoms with E-state index in [2.05, 4.69) is 37.1 Å². The lowest BCUT2D eigenvalue weighted by molar-refractivity contribution is 0.510. The van der Waals surface area contributed by atoms with E-state index in [0.29, 0.717) is 0 Å². The molecule has 1 unspecified atom stereocenters. The molecule has 17 heavy (non-hydrogen) atoms. The van der Waals surface area contributed by atoms with Crippen LogP contribution in [0.4, 0.5) is 5.82 Å². The third-order valence-corrected chi connectivity index (χ3v) is 2.82. The Hall–Kier alpha value is -1.31. The summed E-state index contributed by atoms with van der Waals surface area (Å²) in [4.78, 5) is 4.24. The zero-order valence-corrected chi connectivity index (χ0v) is 11.2. The van der Waals surface area contributed by atoms with Crippen molar-refractivity contribution in [1.29, 1.82) is 0 Å². The first-order chi connectivity index (χ1) is 8.18. The van der Waals surface area contributed by atoms with Crippen LogP contribution in [0.3, 0.4) is 0 Å². The highest BCUT2D eigenvalue weighted by Gasteiger charge is 2.00. The van der Waals surface area contributed by atoms with Gasteiger partial charge in [0.25, 0.3) is 0 Å². The second-order valence-corrected chi connectivity index (χ2v) is 4.89. The first-order valence-electron chi connectivity index (χ1n) is 6.46. The Morgan fingerprint density at radius 2 is 2.18 bits per heavy atom. The van der Waals surface area contributed by atoms with E-state index in [4.69, 9.17) is 0 Å². The van der Waals surface area contributed by atoms with E-state index in [-0.39, 0.29) is 0 Å². The Morgan fingerprint density at radius 3 is 2.82 bits per heavy atom. The Balaban J connectivity index is 2.12. The Labute approximate surface area is 105 Å². The van der Waals surface area contributed by atoms with Gasteiger partial charge in [-0.1, -0.05) is 24.6 Å². The molecule has 1 aromatic heterocycles. The maximum Gasteiger partial charge on any atom is 0.125 e. The molecule has 0 spiro atoms. The van der Waals surface area contributed by atoms with Gasteiger partial charge >= 0.3 is 0 Å². The number of allylic oxidation sites excluding steroid dienone is 2. The summed E-state index contributed by atoms with van der Waals surface area (Å²) in [6.45, 7) is 7.65. The smallest absolute Gasteiger partial charge is 0.125 e. The van der Waals surface area contributed by atoms with E-state index in [1.807, 2.05) is 24.4 Å². The molecule has 1 heterocycles. The Morgan fingerprint density at radius 1 is 1.35 bits per heavy atom. The van der Waals surface area contributed by atoms with Crippen LogP contribution in [0.5, 0.6) is 0 Å². The SMILES string of the molecule is CC(C)=CCCC(C)CCNc1ccccn1. The van der Waals surface area contributed by atoms with E-state index in [1.165, 1.54) is 24.8 Å². The van der Waals surface area contributed by atoms with E-state index in [1.54, 1.807) is 0 Å². The molecule has 1 rings (SSSR count). The molecule has 1 aromatic rings. The molecule has 0 fully saturated rings. The third kappa shape index (κ3) is 6.77. The summed E-state index contributed by atoms with van der Waals surface area (Å²) in [5, 5.41) is 3.35. The van der Waals surface area contributed by atoms with Gasteiger partial charge in [-0.3, -0.25) is 0 Å². The molecule has 1 N–H and O–H groups in total.